The Morgan fingerprint density at radius 2 is 1.89 bits per heavy atom. The topological polar surface area (TPSA) is 21.3 Å². The van der Waals surface area contributed by atoms with E-state index in [0.29, 0.717) is 5.92 Å². The highest BCUT2D eigenvalue weighted by Crippen LogP contribution is 2.31. The van der Waals surface area contributed by atoms with Crippen LogP contribution < -0.4 is 10.1 Å². The van der Waals surface area contributed by atoms with Crippen molar-refractivity contribution in [2.24, 2.45) is 0 Å². The molecular weight excluding hydrogens is 222 g/mol. The SMILES string of the molecule is Cc1ccccc1OCC1CNc2ccccc21. The molecule has 1 heterocycles. The minimum atomic E-state index is 0.445. The van der Waals surface area contributed by atoms with Gasteiger partial charge in [0.25, 0.3) is 0 Å². The molecule has 1 aliphatic heterocycles. The van der Waals surface area contributed by atoms with Gasteiger partial charge < -0.3 is 10.1 Å². The van der Waals surface area contributed by atoms with Gasteiger partial charge in [0.2, 0.25) is 0 Å². The average Bonchev–Trinajstić information content (AvgIpc) is 2.81. The van der Waals surface area contributed by atoms with Crippen LogP contribution in [-0.4, -0.2) is 13.2 Å². The first-order chi connectivity index (χ1) is 8.84. The van der Waals surface area contributed by atoms with Gasteiger partial charge in [-0.05, 0) is 30.2 Å². The lowest BCUT2D eigenvalue weighted by Crippen LogP contribution is -2.12. The molecule has 1 aliphatic rings. The highest BCUT2D eigenvalue weighted by molar-refractivity contribution is 5.57. The van der Waals surface area contributed by atoms with Crippen molar-refractivity contribution >= 4 is 5.69 Å². The first kappa shape index (κ1) is 11.1. The molecule has 1 unspecified atom stereocenters. The molecule has 0 aliphatic carbocycles. The Labute approximate surface area is 108 Å². The number of hydrogen-bond acceptors (Lipinski definition) is 2. The van der Waals surface area contributed by atoms with E-state index in [1.54, 1.807) is 0 Å². The van der Waals surface area contributed by atoms with Gasteiger partial charge in [-0.3, -0.25) is 0 Å². The van der Waals surface area contributed by atoms with Crippen molar-refractivity contribution in [2.75, 3.05) is 18.5 Å². The molecule has 0 aromatic heterocycles. The van der Waals surface area contributed by atoms with Gasteiger partial charge in [0.15, 0.2) is 0 Å². The molecule has 0 spiro atoms. The lowest BCUT2D eigenvalue weighted by molar-refractivity contribution is 0.294. The predicted molar refractivity (Wildman–Crippen MR) is 74.3 cm³/mol. The van der Waals surface area contributed by atoms with E-state index in [-0.39, 0.29) is 0 Å². The van der Waals surface area contributed by atoms with Gasteiger partial charge in [-0.25, -0.2) is 0 Å². The van der Waals surface area contributed by atoms with E-state index in [1.165, 1.54) is 16.8 Å². The van der Waals surface area contributed by atoms with E-state index in [1.807, 2.05) is 18.2 Å². The third-order valence-electron chi connectivity index (χ3n) is 3.47. The minimum Gasteiger partial charge on any atom is -0.493 e. The van der Waals surface area contributed by atoms with Crippen LogP contribution in [0.25, 0.3) is 0 Å². The molecule has 0 radical (unpaired) electrons. The molecule has 2 nitrogen and oxygen atoms in total. The Morgan fingerprint density at radius 1 is 1.11 bits per heavy atom. The van der Waals surface area contributed by atoms with Gasteiger partial charge in [0, 0.05) is 18.2 Å². The van der Waals surface area contributed by atoms with Crippen molar-refractivity contribution in [2.45, 2.75) is 12.8 Å². The number of aryl methyl sites for hydroxylation is 1. The summed E-state index contributed by atoms with van der Waals surface area (Å²) < 4.78 is 5.94. The summed E-state index contributed by atoms with van der Waals surface area (Å²) in [5, 5.41) is 3.42. The fourth-order valence-electron chi connectivity index (χ4n) is 2.41. The highest BCUT2D eigenvalue weighted by Gasteiger charge is 2.22. The van der Waals surface area contributed by atoms with Crippen LogP contribution in [0, 0.1) is 6.92 Å². The van der Waals surface area contributed by atoms with Crippen LogP contribution in [0.4, 0.5) is 5.69 Å². The lowest BCUT2D eigenvalue weighted by Gasteiger charge is -2.13. The lowest BCUT2D eigenvalue weighted by atomic mass is 10.0. The van der Waals surface area contributed by atoms with Crippen molar-refractivity contribution in [1.29, 1.82) is 0 Å². The highest BCUT2D eigenvalue weighted by atomic mass is 16.5. The van der Waals surface area contributed by atoms with Crippen molar-refractivity contribution in [3.05, 3.63) is 59.7 Å². The molecule has 1 N–H and O–H groups in total. The standard InChI is InChI=1S/C16H17NO/c1-12-6-2-5-9-16(12)18-11-13-10-17-15-8-4-3-7-14(13)15/h2-9,13,17H,10-11H2,1H3. The Bertz CT molecular complexity index is 550. The molecule has 18 heavy (non-hydrogen) atoms. The van der Waals surface area contributed by atoms with E-state index >= 15 is 0 Å². The zero-order chi connectivity index (χ0) is 12.4. The van der Waals surface area contributed by atoms with E-state index in [2.05, 4.69) is 42.6 Å². The first-order valence-electron chi connectivity index (χ1n) is 6.36. The van der Waals surface area contributed by atoms with Crippen LogP contribution >= 0.6 is 0 Å². The quantitative estimate of drug-likeness (QED) is 0.884. The number of rotatable bonds is 3. The number of benzene rings is 2. The van der Waals surface area contributed by atoms with Gasteiger partial charge in [0.05, 0.1) is 6.61 Å². The Hall–Kier alpha value is -1.96. The largest absolute Gasteiger partial charge is 0.493 e. The second kappa shape index (κ2) is 4.73. The number of para-hydroxylation sites is 2. The number of hydrogen-bond donors (Lipinski definition) is 1. The van der Waals surface area contributed by atoms with Crippen LogP contribution in [0.15, 0.2) is 48.5 Å². The molecule has 0 saturated carbocycles. The maximum Gasteiger partial charge on any atom is 0.122 e. The monoisotopic (exact) mass is 239 g/mol. The van der Waals surface area contributed by atoms with Gasteiger partial charge in [-0.1, -0.05) is 36.4 Å². The summed E-state index contributed by atoms with van der Waals surface area (Å²) in [6.07, 6.45) is 0. The summed E-state index contributed by atoms with van der Waals surface area (Å²) in [4.78, 5) is 0. The molecule has 0 bridgehead atoms. The molecule has 1 atom stereocenters. The maximum atomic E-state index is 5.94. The number of ether oxygens (including phenoxy) is 1. The molecule has 2 aromatic carbocycles. The summed E-state index contributed by atoms with van der Waals surface area (Å²) in [6, 6.07) is 16.6. The molecule has 3 rings (SSSR count). The number of fused-ring (bicyclic) bond motifs is 1. The van der Waals surface area contributed by atoms with Crippen molar-refractivity contribution in [3.8, 4) is 5.75 Å². The van der Waals surface area contributed by atoms with Crippen LogP contribution in [0.2, 0.25) is 0 Å². The predicted octanol–water partition coefficient (Wildman–Crippen LogP) is 3.58. The van der Waals surface area contributed by atoms with Crippen molar-refractivity contribution < 1.29 is 4.74 Å². The van der Waals surface area contributed by atoms with Crippen molar-refractivity contribution in [1.82, 2.24) is 0 Å². The van der Waals surface area contributed by atoms with Gasteiger partial charge in [0.1, 0.15) is 5.75 Å². The van der Waals surface area contributed by atoms with Crippen LogP contribution in [0.1, 0.15) is 17.0 Å². The zero-order valence-corrected chi connectivity index (χ0v) is 10.5. The normalized spacial score (nSPS) is 17.1. The summed E-state index contributed by atoms with van der Waals surface area (Å²) >= 11 is 0. The summed E-state index contributed by atoms with van der Waals surface area (Å²) in [7, 11) is 0. The summed E-state index contributed by atoms with van der Waals surface area (Å²) in [5.41, 5.74) is 3.80. The third-order valence-corrected chi connectivity index (χ3v) is 3.47. The van der Waals surface area contributed by atoms with E-state index in [9.17, 15) is 0 Å². The summed E-state index contributed by atoms with van der Waals surface area (Å²) in [6.45, 7) is 3.77. The zero-order valence-electron chi connectivity index (χ0n) is 10.5. The summed E-state index contributed by atoms with van der Waals surface area (Å²) in [5.74, 6) is 1.43. The van der Waals surface area contributed by atoms with E-state index < -0.39 is 0 Å². The van der Waals surface area contributed by atoms with Gasteiger partial charge in [-0.2, -0.15) is 0 Å². The van der Waals surface area contributed by atoms with E-state index in [4.69, 9.17) is 4.74 Å². The van der Waals surface area contributed by atoms with Gasteiger partial charge in [-0.15, -0.1) is 0 Å². The molecule has 0 saturated heterocycles. The third kappa shape index (κ3) is 2.06. The molecule has 2 heteroatoms. The van der Waals surface area contributed by atoms with Crippen LogP contribution in [0.3, 0.4) is 0 Å². The number of anilines is 1. The second-order valence-electron chi connectivity index (χ2n) is 4.74. The van der Waals surface area contributed by atoms with Crippen LogP contribution in [-0.2, 0) is 0 Å². The maximum absolute atomic E-state index is 5.94. The Morgan fingerprint density at radius 3 is 2.78 bits per heavy atom. The Kier molecular flexibility index (Phi) is 2.93. The first-order valence-corrected chi connectivity index (χ1v) is 6.36. The smallest absolute Gasteiger partial charge is 0.122 e. The Balaban J connectivity index is 1.71. The van der Waals surface area contributed by atoms with E-state index in [0.717, 1.165) is 18.9 Å². The molecule has 0 amide bonds. The minimum absolute atomic E-state index is 0.445. The average molecular weight is 239 g/mol. The van der Waals surface area contributed by atoms with Gasteiger partial charge >= 0.3 is 0 Å². The molecule has 2 aromatic rings. The molecular formula is C16H17NO. The molecule has 92 valence electrons. The fraction of sp³-hybridized carbons (Fsp3) is 0.250. The fourth-order valence-corrected chi connectivity index (χ4v) is 2.41. The van der Waals surface area contributed by atoms with Crippen LogP contribution in [0.5, 0.6) is 5.75 Å². The second-order valence-corrected chi connectivity index (χ2v) is 4.74. The molecule has 0 fully saturated rings. The van der Waals surface area contributed by atoms with Crippen molar-refractivity contribution in [3.63, 3.8) is 0 Å². The number of nitrogens with one attached hydrogen (secondary N) is 1.